The first-order valence-corrected chi connectivity index (χ1v) is 4.03. The van der Waals surface area contributed by atoms with Gasteiger partial charge in [-0.3, -0.25) is 0 Å². The van der Waals surface area contributed by atoms with Gasteiger partial charge in [0.25, 0.3) is 0 Å². The van der Waals surface area contributed by atoms with Crippen LogP contribution < -0.4 is 5.73 Å². The number of nitrogens with two attached hydrogens (primary N) is 1. The molecule has 1 aromatic carbocycles. The zero-order chi connectivity index (χ0) is 10.9. The van der Waals surface area contributed by atoms with E-state index in [0.29, 0.717) is 0 Å². The normalized spacial score (nSPS) is 11.8. The standard InChI is InChI=1S/C8H7ClF3NO/c9-7-5(14)2-1-4(3-13)6(7)8(10,11)12/h1-2,14H,3,13H2. The fourth-order valence-electron chi connectivity index (χ4n) is 1.08. The minimum Gasteiger partial charge on any atom is -0.506 e. The lowest BCUT2D eigenvalue weighted by atomic mass is 10.1. The van der Waals surface area contributed by atoms with Crippen LogP contribution in [0.3, 0.4) is 0 Å². The van der Waals surface area contributed by atoms with Gasteiger partial charge in [0.15, 0.2) is 0 Å². The quantitative estimate of drug-likeness (QED) is 0.772. The number of hydrogen-bond acceptors (Lipinski definition) is 2. The maximum absolute atomic E-state index is 12.4. The van der Waals surface area contributed by atoms with Crippen molar-refractivity contribution in [2.75, 3.05) is 0 Å². The number of rotatable bonds is 1. The molecule has 0 fully saturated rings. The highest BCUT2D eigenvalue weighted by atomic mass is 35.5. The molecular formula is C8H7ClF3NO. The Labute approximate surface area is 83.1 Å². The molecule has 78 valence electrons. The van der Waals surface area contributed by atoms with E-state index < -0.39 is 22.5 Å². The van der Waals surface area contributed by atoms with Crippen molar-refractivity contribution < 1.29 is 18.3 Å². The van der Waals surface area contributed by atoms with Gasteiger partial charge in [0, 0.05) is 6.54 Å². The highest BCUT2D eigenvalue weighted by molar-refractivity contribution is 6.33. The molecule has 1 rings (SSSR count). The molecule has 6 heteroatoms. The molecule has 0 bridgehead atoms. The zero-order valence-corrected chi connectivity index (χ0v) is 7.65. The summed E-state index contributed by atoms with van der Waals surface area (Å²) in [6.45, 7) is -0.283. The molecule has 0 atom stereocenters. The van der Waals surface area contributed by atoms with Crippen LogP contribution in [-0.4, -0.2) is 5.11 Å². The molecule has 0 aliphatic heterocycles. The second-order valence-electron chi connectivity index (χ2n) is 2.63. The van der Waals surface area contributed by atoms with Crippen LogP contribution in [0, 0.1) is 0 Å². The lowest BCUT2D eigenvalue weighted by molar-refractivity contribution is -0.138. The van der Waals surface area contributed by atoms with E-state index in [0.717, 1.165) is 12.1 Å². The van der Waals surface area contributed by atoms with E-state index in [1.807, 2.05) is 0 Å². The molecule has 0 aromatic heterocycles. The van der Waals surface area contributed by atoms with Crippen molar-refractivity contribution in [3.63, 3.8) is 0 Å². The molecule has 14 heavy (non-hydrogen) atoms. The van der Waals surface area contributed by atoms with Crippen LogP contribution in [0.15, 0.2) is 12.1 Å². The van der Waals surface area contributed by atoms with Crippen LogP contribution in [0.4, 0.5) is 13.2 Å². The molecule has 0 spiro atoms. The van der Waals surface area contributed by atoms with Gasteiger partial charge >= 0.3 is 6.18 Å². The average Bonchev–Trinajstić information content (AvgIpc) is 2.07. The summed E-state index contributed by atoms with van der Waals surface area (Å²) < 4.78 is 37.3. The summed E-state index contributed by atoms with van der Waals surface area (Å²) in [4.78, 5) is 0. The Morgan fingerprint density at radius 2 is 1.93 bits per heavy atom. The van der Waals surface area contributed by atoms with Gasteiger partial charge in [-0.25, -0.2) is 0 Å². The third-order valence-electron chi connectivity index (χ3n) is 1.71. The van der Waals surface area contributed by atoms with Crippen LogP contribution in [0.2, 0.25) is 5.02 Å². The van der Waals surface area contributed by atoms with Gasteiger partial charge in [0.05, 0.1) is 10.6 Å². The Morgan fingerprint density at radius 1 is 1.36 bits per heavy atom. The minimum absolute atomic E-state index is 0.139. The fraction of sp³-hybridized carbons (Fsp3) is 0.250. The SMILES string of the molecule is NCc1ccc(O)c(Cl)c1C(F)(F)F. The molecule has 0 amide bonds. The predicted octanol–water partition coefficient (Wildman–Crippen LogP) is 2.52. The number of alkyl halides is 3. The van der Waals surface area contributed by atoms with Gasteiger partial charge in [-0.15, -0.1) is 0 Å². The summed E-state index contributed by atoms with van der Waals surface area (Å²) >= 11 is 5.34. The third kappa shape index (κ3) is 1.93. The lowest BCUT2D eigenvalue weighted by Crippen LogP contribution is -2.12. The number of halogens is 4. The molecule has 1 aromatic rings. The van der Waals surface area contributed by atoms with E-state index in [1.165, 1.54) is 0 Å². The van der Waals surface area contributed by atoms with Gasteiger partial charge in [-0.2, -0.15) is 13.2 Å². The molecule has 0 radical (unpaired) electrons. The van der Waals surface area contributed by atoms with Crippen molar-refractivity contribution in [1.82, 2.24) is 0 Å². The first kappa shape index (κ1) is 11.1. The molecule has 2 nitrogen and oxygen atoms in total. The van der Waals surface area contributed by atoms with Gasteiger partial charge in [0.2, 0.25) is 0 Å². The maximum atomic E-state index is 12.4. The van der Waals surface area contributed by atoms with Crippen molar-refractivity contribution in [2.45, 2.75) is 12.7 Å². The number of aromatic hydroxyl groups is 1. The molecule has 0 aliphatic carbocycles. The summed E-state index contributed by atoms with van der Waals surface area (Å²) in [7, 11) is 0. The van der Waals surface area contributed by atoms with Gasteiger partial charge in [0.1, 0.15) is 5.75 Å². The topological polar surface area (TPSA) is 46.2 Å². The van der Waals surface area contributed by atoms with E-state index in [4.69, 9.17) is 22.4 Å². The number of phenols is 1. The summed E-state index contributed by atoms with van der Waals surface area (Å²) in [6, 6.07) is 2.18. The van der Waals surface area contributed by atoms with E-state index >= 15 is 0 Å². The number of benzene rings is 1. The van der Waals surface area contributed by atoms with E-state index in [9.17, 15) is 13.2 Å². The highest BCUT2D eigenvalue weighted by Gasteiger charge is 2.36. The summed E-state index contributed by atoms with van der Waals surface area (Å²) in [5, 5.41) is 8.30. The Hall–Kier alpha value is -0.940. The van der Waals surface area contributed by atoms with Crippen LogP contribution in [0.1, 0.15) is 11.1 Å². The second-order valence-corrected chi connectivity index (χ2v) is 3.01. The van der Waals surface area contributed by atoms with Crippen LogP contribution >= 0.6 is 11.6 Å². The lowest BCUT2D eigenvalue weighted by Gasteiger charge is -2.13. The van der Waals surface area contributed by atoms with Gasteiger partial charge < -0.3 is 10.8 Å². The Morgan fingerprint density at radius 3 is 2.36 bits per heavy atom. The van der Waals surface area contributed by atoms with Gasteiger partial charge in [-0.05, 0) is 11.6 Å². The third-order valence-corrected chi connectivity index (χ3v) is 2.09. The molecule has 0 aliphatic rings. The molecule has 3 N–H and O–H groups in total. The molecule has 0 saturated carbocycles. The van der Waals surface area contributed by atoms with Crippen LogP contribution in [-0.2, 0) is 12.7 Å². The largest absolute Gasteiger partial charge is 0.506 e. The monoisotopic (exact) mass is 225 g/mol. The second kappa shape index (κ2) is 3.67. The Balaban J connectivity index is 3.44. The van der Waals surface area contributed by atoms with Crippen LogP contribution in [0.5, 0.6) is 5.75 Å². The molecule has 0 unspecified atom stereocenters. The molecule has 0 saturated heterocycles. The Bertz CT molecular complexity index is 351. The number of phenolic OH excluding ortho intramolecular Hbond substituents is 1. The fourth-order valence-corrected chi connectivity index (χ4v) is 1.37. The van der Waals surface area contributed by atoms with Crippen LogP contribution in [0.25, 0.3) is 0 Å². The first-order valence-electron chi connectivity index (χ1n) is 3.65. The molecular weight excluding hydrogens is 219 g/mol. The average molecular weight is 226 g/mol. The van der Waals surface area contributed by atoms with Crippen molar-refractivity contribution in [3.8, 4) is 5.75 Å². The first-order chi connectivity index (χ1) is 6.38. The predicted molar refractivity (Wildman–Crippen MR) is 46.0 cm³/mol. The van der Waals surface area contributed by atoms with Gasteiger partial charge in [-0.1, -0.05) is 17.7 Å². The van der Waals surface area contributed by atoms with Crippen molar-refractivity contribution in [2.24, 2.45) is 5.73 Å². The van der Waals surface area contributed by atoms with Crippen molar-refractivity contribution in [1.29, 1.82) is 0 Å². The van der Waals surface area contributed by atoms with E-state index in [1.54, 1.807) is 0 Å². The minimum atomic E-state index is -4.61. The summed E-state index contributed by atoms with van der Waals surface area (Å²) in [6.07, 6.45) is -4.61. The van der Waals surface area contributed by atoms with Crippen molar-refractivity contribution >= 4 is 11.6 Å². The van der Waals surface area contributed by atoms with Crippen molar-refractivity contribution in [3.05, 3.63) is 28.3 Å². The van der Waals surface area contributed by atoms with E-state index in [2.05, 4.69) is 0 Å². The van der Waals surface area contributed by atoms with E-state index in [-0.39, 0.29) is 12.1 Å². The molecule has 0 heterocycles. The maximum Gasteiger partial charge on any atom is 0.418 e. The smallest absolute Gasteiger partial charge is 0.418 e. The highest BCUT2D eigenvalue weighted by Crippen LogP contribution is 2.40. The number of hydrogen-bond donors (Lipinski definition) is 2. The summed E-state index contributed by atoms with van der Waals surface area (Å²) in [5.74, 6) is -0.601. The Kier molecular flexibility index (Phi) is 2.92. The zero-order valence-electron chi connectivity index (χ0n) is 6.90. The summed E-state index contributed by atoms with van der Waals surface area (Å²) in [5.41, 5.74) is 3.92.